The van der Waals surface area contributed by atoms with E-state index >= 15 is 0 Å². The molecule has 0 N–H and O–H groups in total. The van der Waals surface area contributed by atoms with Crippen LogP contribution in [0.5, 0.6) is 5.75 Å². The summed E-state index contributed by atoms with van der Waals surface area (Å²) < 4.78 is 7.77. The minimum Gasteiger partial charge on any atom is -0.494 e. The topological polar surface area (TPSA) is 69.9 Å². The highest BCUT2D eigenvalue weighted by Gasteiger charge is 2.17. The van der Waals surface area contributed by atoms with Crippen LogP contribution < -0.4 is 4.74 Å². The Morgan fingerprint density at radius 1 is 1.06 bits per heavy atom. The summed E-state index contributed by atoms with van der Waals surface area (Å²) in [5, 5.41) is 10.3. The molecule has 0 amide bonds. The number of aromatic nitrogens is 4. The Balaban J connectivity index is 1.72. The third-order valence-corrected chi connectivity index (χ3v) is 6.01. The number of hydrogen-bond donors (Lipinski definition) is 0. The third kappa shape index (κ3) is 4.84. The van der Waals surface area contributed by atoms with Crippen molar-refractivity contribution in [3.05, 3.63) is 83.1 Å². The van der Waals surface area contributed by atoms with Gasteiger partial charge in [-0.1, -0.05) is 23.4 Å². The number of ether oxygens (including phenoxy) is 1. The molecule has 8 heteroatoms. The van der Waals surface area contributed by atoms with Crippen LogP contribution in [0.15, 0.2) is 72.1 Å². The van der Waals surface area contributed by atoms with Gasteiger partial charge in [0.15, 0.2) is 16.8 Å². The number of ketones is 1. The van der Waals surface area contributed by atoms with Crippen LogP contribution >= 0.6 is 23.4 Å². The predicted octanol–water partition coefficient (Wildman–Crippen LogP) is 5.88. The molecule has 0 atom stereocenters. The van der Waals surface area contributed by atoms with E-state index in [0.29, 0.717) is 28.8 Å². The minimum atomic E-state index is 0.0172. The van der Waals surface area contributed by atoms with E-state index in [0.717, 1.165) is 27.7 Å². The molecule has 0 aliphatic carbocycles. The van der Waals surface area contributed by atoms with Crippen molar-refractivity contribution in [2.45, 2.75) is 24.8 Å². The first kappa shape index (κ1) is 22.0. The van der Waals surface area contributed by atoms with E-state index < -0.39 is 0 Å². The van der Waals surface area contributed by atoms with Gasteiger partial charge in [-0.15, -0.1) is 10.2 Å². The van der Waals surface area contributed by atoms with Crippen molar-refractivity contribution in [3.63, 3.8) is 0 Å². The molecule has 4 rings (SSSR count). The molecule has 4 aromatic rings. The molecule has 0 aliphatic heterocycles. The average molecular weight is 465 g/mol. The first-order valence-corrected chi connectivity index (χ1v) is 11.4. The lowest BCUT2D eigenvalue weighted by molar-refractivity contribution is 0.101. The largest absolute Gasteiger partial charge is 0.494 e. The number of nitrogens with zero attached hydrogens (tertiary/aromatic N) is 4. The fraction of sp³-hybridized carbons (Fsp3) is 0.167. The van der Waals surface area contributed by atoms with Gasteiger partial charge in [0.05, 0.1) is 6.61 Å². The molecule has 0 saturated heterocycles. The highest BCUT2D eigenvalue weighted by atomic mass is 35.5. The van der Waals surface area contributed by atoms with Crippen molar-refractivity contribution < 1.29 is 9.53 Å². The number of carbonyl (C=O) groups is 1. The summed E-state index contributed by atoms with van der Waals surface area (Å²) >= 11 is 7.63. The van der Waals surface area contributed by atoms with Crippen molar-refractivity contribution >= 4 is 29.1 Å². The molecule has 0 bridgehead atoms. The Hall–Kier alpha value is -3.16. The van der Waals surface area contributed by atoms with Gasteiger partial charge in [0.1, 0.15) is 5.75 Å². The second kappa shape index (κ2) is 9.97. The smallest absolute Gasteiger partial charge is 0.196 e. The van der Waals surface area contributed by atoms with Gasteiger partial charge in [-0.2, -0.15) is 0 Å². The van der Waals surface area contributed by atoms with E-state index in [2.05, 4.69) is 15.2 Å². The second-order valence-electron chi connectivity index (χ2n) is 6.95. The summed E-state index contributed by atoms with van der Waals surface area (Å²) in [6.07, 6.45) is 3.45. The number of hydrogen-bond acceptors (Lipinski definition) is 6. The summed E-state index contributed by atoms with van der Waals surface area (Å²) in [4.78, 5) is 16.0. The lowest BCUT2D eigenvalue weighted by Gasteiger charge is -2.13. The van der Waals surface area contributed by atoms with Crippen LogP contribution in [0.4, 0.5) is 0 Å². The number of Topliss-reactive ketones (excluding diaryl/α,β-unsaturated/α-hetero) is 1. The minimum absolute atomic E-state index is 0.0172. The predicted molar refractivity (Wildman–Crippen MR) is 127 cm³/mol. The standard InChI is InChI=1S/C24H21ClN4O2S/c1-3-31-22-9-4-18(16(2)30)14-19(22)15-32-24-28-27-23(17-10-12-26-13-11-17)29(24)21-7-5-20(25)6-8-21/h4-14H,3,15H2,1-2H3. The number of benzene rings is 2. The van der Waals surface area contributed by atoms with Crippen LogP contribution in [0.3, 0.4) is 0 Å². The second-order valence-corrected chi connectivity index (χ2v) is 8.33. The highest BCUT2D eigenvalue weighted by Crippen LogP contribution is 2.32. The SMILES string of the molecule is CCOc1ccc(C(C)=O)cc1CSc1nnc(-c2ccncc2)n1-c1ccc(Cl)cc1. The Morgan fingerprint density at radius 3 is 2.50 bits per heavy atom. The fourth-order valence-corrected chi connectivity index (χ4v) is 4.28. The monoisotopic (exact) mass is 464 g/mol. The first-order valence-electron chi connectivity index (χ1n) is 10.1. The van der Waals surface area contributed by atoms with E-state index in [1.165, 1.54) is 11.8 Å². The maximum atomic E-state index is 11.9. The van der Waals surface area contributed by atoms with Crippen molar-refractivity contribution in [2.24, 2.45) is 0 Å². The molecule has 0 saturated carbocycles. The summed E-state index contributed by atoms with van der Waals surface area (Å²) in [6, 6.07) is 16.9. The van der Waals surface area contributed by atoms with Gasteiger partial charge < -0.3 is 4.74 Å². The molecule has 0 spiro atoms. The maximum absolute atomic E-state index is 11.9. The molecule has 0 radical (unpaired) electrons. The molecular formula is C24H21ClN4O2S. The lowest BCUT2D eigenvalue weighted by Crippen LogP contribution is -2.01. The van der Waals surface area contributed by atoms with Crippen molar-refractivity contribution in [3.8, 4) is 22.8 Å². The Labute approximate surface area is 195 Å². The Kier molecular flexibility index (Phi) is 6.87. The molecule has 0 aliphatic rings. The lowest BCUT2D eigenvalue weighted by atomic mass is 10.1. The van der Waals surface area contributed by atoms with Crippen LogP contribution in [-0.4, -0.2) is 32.1 Å². The first-order chi connectivity index (χ1) is 15.6. The highest BCUT2D eigenvalue weighted by molar-refractivity contribution is 7.98. The molecule has 6 nitrogen and oxygen atoms in total. The fourth-order valence-electron chi connectivity index (χ4n) is 3.22. The number of halogens is 1. The zero-order valence-corrected chi connectivity index (χ0v) is 19.2. The van der Waals surface area contributed by atoms with Gasteiger partial charge in [0, 0.05) is 45.5 Å². The molecule has 162 valence electrons. The Bertz CT molecular complexity index is 1230. The van der Waals surface area contributed by atoms with Gasteiger partial charge in [-0.3, -0.25) is 14.3 Å². The molecule has 32 heavy (non-hydrogen) atoms. The third-order valence-electron chi connectivity index (χ3n) is 4.78. The van der Waals surface area contributed by atoms with Crippen molar-refractivity contribution in [1.82, 2.24) is 19.7 Å². The number of pyridine rings is 1. The van der Waals surface area contributed by atoms with E-state index in [-0.39, 0.29) is 5.78 Å². The summed E-state index contributed by atoms with van der Waals surface area (Å²) in [6.45, 7) is 4.04. The van der Waals surface area contributed by atoms with Crippen molar-refractivity contribution in [1.29, 1.82) is 0 Å². The summed E-state index contributed by atoms with van der Waals surface area (Å²) in [5.41, 5.74) is 3.39. The number of rotatable bonds is 8. The van der Waals surface area contributed by atoms with E-state index in [9.17, 15) is 4.79 Å². The van der Waals surface area contributed by atoms with Crippen molar-refractivity contribution in [2.75, 3.05) is 6.61 Å². The van der Waals surface area contributed by atoms with Gasteiger partial charge in [-0.25, -0.2) is 0 Å². The Morgan fingerprint density at radius 2 is 1.81 bits per heavy atom. The molecule has 2 heterocycles. The van der Waals surface area contributed by atoms with Crippen LogP contribution in [0.1, 0.15) is 29.8 Å². The van der Waals surface area contributed by atoms with Gasteiger partial charge in [0.25, 0.3) is 0 Å². The summed E-state index contributed by atoms with van der Waals surface area (Å²) in [5.74, 6) is 2.05. The van der Waals surface area contributed by atoms with E-state index in [4.69, 9.17) is 16.3 Å². The maximum Gasteiger partial charge on any atom is 0.196 e. The zero-order chi connectivity index (χ0) is 22.5. The summed E-state index contributed by atoms with van der Waals surface area (Å²) in [7, 11) is 0. The number of thioether (sulfide) groups is 1. The molecular weight excluding hydrogens is 444 g/mol. The molecule has 0 fully saturated rings. The quantitative estimate of drug-likeness (QED) is 0.239. The van der Waals surface area contributed by atoms with Gasteiger partial charge in [-0.05, 0) is 68.4 Å². The molecule has 2 aromatic heterocycles. The molecule has 2 aromatic carbocycles. The van der Waals surface area contributed by atoms with Gasteiger partial charge >= 0.3 is 0 Å². The molecule has 0 unspecified atom stereocenters. The zero-order valence-electron chi connectivity index (χ0n) is 17.7. The average Bonchev–Trinajstić information content (AvgIpc) is 3.23. The normalized spacial score (nSPS) is 10.8. The van der Waals surface area contributed by atoms with Crippen LogP contribution in [0.25, 0.3) is 17.1 Å². The van der Waals surface area contributed by atoms with Crippen LogP contribution in [0.2, 0.25) is 5.02 Å². The van der Waals surface area contributed by atoms with Crippen LogP contribution in [0, 0.1) is 0 Å². The van der Waals surface area contributed by atoms with Gasteiger partial charge in [0.2, 0.25) is 0 Å². The van der Waals surface area contributed by atoms with E-state index in [1.54, 1.807) is 25.4 Å². The van der Waals surface area contributed by atoms with E-state index in [1.807, 2.05) is 60.0 Å². The van der Waals surface area contributed by atoms with Crippen LogP contribution in [-0.2, 0) is 5.75 Å². The number of carbonyl (C=O) groups excluding carboxylic acids is 1.